The maximum atomic E-state index is 13.1. The van der Waals surface area contributed by atoms with Crippen LogP contribution in [0.3, 0.4) is 0 Å². The summed E-state index contributed by atoms with van der Waals surface area (Å²) in [6.45, 7) is 2.00. The molecule has 1 aromatic carbocycles. The number of halogens is 1. The lowest BCUT2D eigenvalue weighted by Crippen LogP contribution is -2.02. The molecule has 0 bridgehead atoms. The predicted molar refractivity (Wildman–Crippen MR) is 80.0 cm³/mol. The fourth-order valence-electron chi connectivity index (χ4n) is 2.38. The highest BCUT2D eigenvalue weighted by Crippen LogP contribution is 2.29. The van der Waals surface area contributed by atoms with Gasteiger partial charge in [-0.15, -0.1) is 0 Å². The lowest BCUT2D eigenvalue weighted by atomic mass is 10.1. The van der Waals surface area contributed by atoms with Crippen LogP contribution >= 0.6 is 0 Å². The molecule has 0 aliphatic carbocycles. The number of aryl methyl sites for hydroxylation is 1. The second-order valence-electron chi connectivity index (χ2n) is 4.86. The topological polar surface area (TPSA) is 47.7 Å². The first kappa shape index (κ1) is 13.4. The average molecular weight is 285 g/mol. The number of nitrogens with zero attached hydrogens (tertiary/aromatic N) is 4. The molecule has 3 aromatic rings. The number of nitrogens with one attached hydrogen (secondary N) is 1. The van der Waals surface area contributed by atoms with Gasteiger partial charge in [-0.1, -0.05) is 0 Å². The van der Waals surface area contributed by atoms with Crippen molar-refractivity contribution in [1.82, 2.24) is 19.6 Å². The molecular weight excluding hydrogens is 269 g/mol. The molecule has 0 radical (unpaired) electrons. The molecule has 2 aromatic heterocycles. The molecular formula is C15H16FN5. The Balaban J connectivity index is 2.15. The molecule has 21 heavy (non-hydrogen) atoms. The molecule has 108 valence electrons. The number of hydrogen-bond donors (Lipinski definition) is 1. The van der Waals surface area contributed by atoms with Crippen molar-refractivity contribution in [3.63, 3.8) is 0 Å². The summed E-state index contributed by atoms with van der Waals surface area (Å²) < 4.78 is 16.6. The van der Waals surface area contributed by atoms with Gasteiger partial charge in [-0.2, -0.15) is 10.2 Å². The zero-order valence-electron chi connectivity index (χ0n) is 12.1. The Bertz CT molecular complexity index is 770. The first-order chi connectivity index (χ1) is 10.1. The van der Waals surface area contributed by atoms with Crippen LogP contribution in [-0.4, -0.2) is 26.6 Å². The van der Waals surface area contributed by atoms with Gasteiger partial charge in [0, 0.05) is 31.4 Å². The van der Waals surface area contributed by atoms with Crippen molar-refractivity contribution in [2.45, 2.75) is 6.92 Å². The molecule has 0 aliphatic rings. The van der Waals surface area contributed by atoms with Crippen LogP contribution in [0.2, 0.25) is 0 Å². The Morgan fingerprint density at radius 1 is 1.19 bits per heavy atom. The lowest BCUT2D eigenvalue weighted by Gasteiger charge is -2.07. The van der Waals surface area contributed by atoms with Crippen molar-refractivity contribution in [3.05, 3.63) is 48.0 Å². The van der Waals surface area contributed by atoms with Crippen LogP contribution in [0, 0.1) is 12.7 Å². The zero-order chi connectivity index (χ0) is 15.0. The molecule has 1 N–H and O–H groups in total. The molecule has 0 saturated carbocycles. The van der Waals surface area contributed by atoms with Crippen LogP contribution < -0.4 is 5.32 Å². The van der Waals surface area contributed by atoms with Crippen molar-refractivity contribution in [3.8, 4) is 16.9 Å². The van der Waals surface area contributed by atoms with Gasteiger partial charge in [-0.3, -0.25) is 4.68 Å². The largest absolute Gasteiger partial charge is 0.373 e. The van der Waals surface area contributed by atoms with Gasteiger partial charge in [0.15, 0.2) is 0 Å². The highest BCUT2D eigenvalue weighted by Gasteiger charge is 2.17. The van der Waals surface area contributed by atoms with Crippen molar-refractivity contribution in [1.29, 1.82) is 0 Å². The summed E-state index contributed by atoms with van der Waals surface area (Å²) in [5, 5.41) is 12.0. The van der Waals surface area contributed by atoms with E-state index in [1.54, 1.807) is 27.7 Å². The third-order valence-electron chi connectivity index (χ3n) is 3.41. The van der Waals surface area contributed by atoms with Crippen LogP contribution in [0.1, 0.15) is 5.56 Å². The van der Waals surface area contributed by atoms with Crippen LogP contribution in [-0.2, 0) is 7.05 Å². The van der Waals surface area contributed by atoms with E-state index in [9.17, 15) is 4.39 Å². The van der Waals surface area contributed by atoms with Gasteiger partial charge in [0.05, 0.1) is 11.9 Å². The van der Waals surface area contributed by atoms with Gasteiger partial charge in [-0.25, -0.2) is 9.07 Å². The third kappa shape index (κ3) is 2.29. The first-order valence-electron chi connectivity index (χ1n) is 6.62. The second kappa shape index (κ2) is 5.05. The highest BCUT2D eigenvalue weighted by molar-refractivity contribution is 5.69. The smallest absolute Gasteiger partial charge is 0.133 e. The summed E-state index contributed by atoms with van der Waals surface area (Å²) in [5.74, 6) is 0.613. The molecule has 0 amide bonds. The van der Waals surface area contributed by atoms with Gasteiger partial charge in [0.2, 0.25) is 0 Å². The number of rotatable bonds is 3. The summed E-state index contributed by atoms with van der Waals surface area (Å²) >= 11 is 0. The van der Waals surface area contributed by atoms with Crippen molar-refractivity contribution >= 4 is 5.82 Å². The summed E-state index contributed by atoms with van der Waals surface area (Å²) in [7, 11) is 3.71. The third-order valence-corrected chi connectivity index (χ3v) is 3.41. The summed E-state index contributed by atoms with van der Waals surface area (Å²) in [5.41, 5.74) is 3.64. The van der Waals surface area contributed by atoms with Crippen LogP contribution in [0.4, 0.5) is 10.2 Å². The average Bonchev–Trinajstić information content (AvgIpc) is 3.03. The first-order valence-corrected chi connectivity index (χ1v) is 6.62. The standard InChI is InChI=1S/C15H16FN5/c1-10-14(11-8-18-20(3)9-11)19-21(15(10)17-2)13-6-4-12(16)5-7-13/h4-9,17H,1-3H3. The summed E-state index contributed by atoms with van der Waals surface area (Å²) in [4.78, 5) is 0. The fourth-order valence-corrected chi connectivity index (χ4v) is 2.38. The van der Waals surface area contributed by atoms with Gasteiger partial charge in [-0.05, 0) is 31.2 Å². The monoisotopic (exact) mass is 285 g/mol. The SMILES string of the molecule is CNc1c(C)c(-c2cnn(C)c2)nn1-c1ccc(F)cc1. The zero-order valence-corrected chi connectivity index (χ0v) is 12.1. The highest BCUT2D eigenvalue weighted by atomic mass is 19.1. The van der Waals surface area contributed by atoms with Gasteiger partial charge < -0.3 is 5.32 Å². The van der Waals surface area contributed by atoms with Gasteiger partial charge >= 0.3 is 0 Å². The summed E-state index contributed by atoms with van der Waals surface area (Å²) in [6, 6.07) is 6.26. The Kier molecular flexibility index (Phi) is 3.21. The van der Waals surface area contributed by atoms with E-state index in [0.717, 1.165) is 28.3 Å². The second-order valence-corrected chi connectivity index (χ2v) is 4.86. The van der Waals surface area contributed by atoms with E-state index in [1.165, 1.54) is 12.1 Å². The van der Waals surface area contributed by atoms with Crippen LogP contribution in [0.5, 0.6) is 0 Å². The summed E-state index contributed by atoms with van der Waals surface area (Å²) in [6.07, 6.45) is 3.70. The molecule has 6 heteroatoms. The Labute approximate surface area is 122 Å². The van der Waals surface area contributed by atoms with Gasteiger partial charge in [0.1, 0.15) is 17.3 Å². The van der Waals surface area contributed by atoms with E-state index in [-0.39, 0.29) is 5.82 Å². The quantitative estimate of drug-likeness (QED) is 0.805. The maximum Gasteiger partial charge on any atom is 0.133 e. The minimum atomic E-state index is -0.263. The number of anilines is 1. The molecule has 3 rings (SSSR count). The number of aromatic nitrogens is 4. The number of hydrogen-bond acceptors (Lipinski definition) is 3. The molecule has 0 atom stereocenters. The van der Waals surface area contributed by atoms with Crippen LogP contribution in [0.15, 0.2) is 36.7 Å². The maximum absolute atomic E-state index is 13.1. The van der Waals surface area contributed by atoms with E-state index in [4.69, 9.17) is 0 Å². The Hall–Kier alpha value is -2.63. The van der Waals surface area contributed by atoms with E-state index in [0.29, 0.717) is 0 Å². The molecule has 5 nitrogen and oxygen atoms in total. The Morgan fingerprint density at radius 2 is 1.90 bits per heavy atom. The van der Waals surface area contributed by atoms with Crippen molar-refractivity contribution in [2.75, 3.05) is 12.4 Å². The minimum absolute atomic E-state index is 0.263. The molecule has 0 saturated heterocycles. The van der Waals surface area contributed by atoms with Crippen molar-refractivity contribution in [2.24, 2.45) is 7.05 Å². The van der Waals surface area contributed by atoms with Crippen LogP contribution in [0.25, 0.3) is 16.9 Å². The minimum Gasteiger partial charge on any atom is -0.373 e. The Morgan fingerprint density at radius 3 is 2.48 bits per heavy atom. The lowest BCUT2D eigenvalue weighted by molar-refractivity contribution is 0.627. The molecule has 2 heterocycles. The molecule has 0 fully saturated rings. The number of benzene rings is 1. The molecule has 0 unspecified atom stereocenters. The molecule has 0 spiro atoms. The predicted octanol–water partition coefficient (Wildman–Crippen LogP) is 2.76. The van der Waals surface area contributed by atoms with Crippen molar-refractivity contribution < 1.29 is 4.39 Å². The molecule has 0 aliphatic heterocycles. The van der Waals surface area contributed by atoms with E-state index < -0.39 is 0 Å². The normalized spacial score (nSPS) is 10.9. The van der Waals surface area contributed by atoms with Gasteiger partial charge in [0.25, 0.3) is 0 Å². The fraction of sp³-hybridized carbons (Fsp3) is 0.200. The van der Waals surface area contributed by atoms with E-state index in [1.807, 2.05) is 27.2 Å². The van der Waals surface area contributed by atoms with E-state index >= 15 is 0 Å². The van der Waals surface area contributed by atoms with E-state index in [2.05, 4.69) is 15.5 Å².